The maximum absolute atomic E-state index is 13.5. The van der Waals surface area contributed by atoms with Gasteiger partial charge in [-0.15, -0.1) is 0 Å². The Morgan fingerprint density at radius 1 is 1.03 bits per heavy atom. The molecular formula is C27H33F3N2O4. The quantitative estimate of drug-likeness (QED) is 0.504. The summed E-state index contributed by atoms with van der Waals surface area (Å²) in [5.74, 6) is -1.50. The fourth-order valence-corrected chi connectivity index (χ4v) is 4.20. The van der Waals surface area contributed by atoms with Gasteiger partial charge in [-0.1, -0.05) is 55.8 Å². The van der Waals surface area contributed by atoms with Crippen molar-refractivity contribution >= 4 is 11.9 Å². The number of nitrogens with two attached hydrogens (primary N) is 1. The van der Waals surface area contributed by atoms with Crippen molar-refractivity contribution in [3.63, 3.8) is 0 Å². The Labute approximate surface area is 209 Å². The number of esters is 1. The zero-order valence-electron chi connectivity index (χ0n) is 20.8. The summed E-state index contributed by atoms with van der Waals surface area (Å²) in [6.45, 7) is 6.76. The van der Waals surface area contributed by atoms with Gasteiger partial charge in [0.1, 0.15) is 11.9 Å². The maximum Gasteiger partial charge on any atom is 0.490 e. The van der Waals surface area contributed by atoms with E-state index in [1.165, 1.54) is 4.90 Å². The third-order valence-electron chi connectivity index (χ3n) is 6.05. The van der Waals surface area contributed by atoms with Crippen molar-refractivity contribution in [2.24, 2.45) is 11.7 Å². The molecule has 0 aliphatic heterocycles. The SMILES string of the molecule is Cc1ccc(CN(C(=O)Cc2ccc(OCC(C)C)cc2)[C@@H]2C[C@@H](N)CC2OC(=O)C(F)(F)F)cc1. The number of benzene rings is 2. The molecule has 0 spiro atoms. The Hall–Kier alpha value is -3.07. The standard InChI is InChI=1S/C27H33F3N2O4/c1-17(2)16-35-22-10-8-19(9-11-22)12-25(33)32(15-20-6-4-18(3)5-7-20)23-13-21(31)14-24(23)36-26(34)27(28,29)30/h4-11,17,21,23-24H,12-16,31H2,1-3H3/t21-,23-,24?/m1/s1. The largest absolute Gasteiger partial charge is 0.493 e. The van der Waals surface area contributed by atoms with Gasteiger partial charge in [0.05, 0.1) is 19.1 Å². The van der Waals surface area contributed by atoms with E-state index in [1.807, 2.05) is 45.0 Å². The van der Waals surface area contributed by atoms with Crippen LogP contribution in [0.1, 0.15) is 43.4 Å². The average Bonchev–Trinajstić information content (AvgIpc) is 3.17. The highest BCUT2D eigenvalue weighted by Gasteiger charge is 2.47. The van der Waals surface area contributed by atoms with Gasteiger partial charge in [0.25, 0.3) is 0 Å². The number of hydrogen-bond donors (Lipinski definition) is 1. The molecule has 2 N–H and O–H groups in total. The van der Waals surface area contributed by atoms with E-state index >= 15 is 0 Å². The van der Waals surface area contributed by atoms with E-state index < -0.39 is 30.3 Å². The zero-order chi connectivity index (χ0) is 26.5. The summed E-state index contributed by atoms with van der Waals surface area (Å²) in [7, 11) is 0. The minimum absolute atomic E-state index is 0.0298. The second-order valence-corrected chi connectivity index (χ2v) is 9.77. The van der Waals surface area contributed by atoms with Crippen LogP contribution in [0.4, 0.5) is 13.2 Å². The molecule has 2 aromatic carbocycles. The molecular weight excluding hydrogens is 473 g/mol. The molecule has 36 heavy (non-hydrogen) atoms. The molecule has 1 amide bonds. The maximum atomic E-state index is 13.5. The molecule has 0 aromatic heterocycles. The number of rotatable bonds is 9. The van der Waals surface area contributed by atoms with Crippen molar-refractivity contribution in [2.75, 3.05) is 6.61 Å². The Bertz CT molecular complexity index is 1020. The number of alkyl halides is 3. The molecule has 1 unspecified atom stereocenters. The van der Waals surface area contributed by atoms with E-state index in [4.69, 9.17) is 15.2 Å². The second-order valence-electron chi connectivity index (χ2n) is 9.77. The molecule has 1 fully saturated rings. The van der Waals surface area contributed by atoms with Crippen LogP contribution in [-0.2, 0) is 27.3 Å². The number of hydrogen-bond acceptors (Lipinski definition) is 5. The fourth-order valence-electron chi connectivity index (χ4n) is 4.20. The molecule has 0 heterocycles. The van der Waals surface area contributed by atoms with Gasteiger partial charge in [-0.3, -0.25) is 4.79 Å². The number of nitrogens with zero attached hydrogens (tertiary/aromatic N) is 1. The smallest absolute Gasteiger partial charge is 0.490 e. The predicted molar refractivity (Wildman–Crippen MR) is 129 cm³/mol. The highest BCUT2D eigenvalue weighted by molar-refractivity contribution is 5.79. The van der Waals surface area contributed by atoms with Crippen molar-refractivity contribution in [1.29, 1.82) is 0 Å². The first-order chi connectivity index (χ1) is 16.9. The monoisotopic (exact) mass is 506 g/mol. The first-order valence-electron chi connectivity index (χ1n) is 12.0. The lowest BCUT2D eigenvalue weighted by Crippen LogP contribution is -2.47. The number of carbonyl (C=O) groups is 2. The number of halogens is 3. The topological polar surface area (TPSA) is 81.9 Å². The Balaban J connectivity index is 1.81. The Morgan fingerprint density at radius 3 is 2.22 bits per heavy atom. The Morgan fingerprint density at radius 2 is 1.64 bits per heavy atom. The summed E-state index contributed by atoms with van der Waals surface area (Å²) in [5.41, 5.74) is 8.63. The number of ether oxygens (including phenoxy) is 2. The molecule has 2 aromatic rings. The highest BCUT2D eigenvalue weighted by Crippen LogP contribution is 2.31. The lowest BCUT2D eigenvalue weighted by molar-refractivity contribution is -0.207. The van der Waals surface area contributed by atoms with Gasteiger partial charge >= 0.3 is 12.1 Å². The molecule has 0 saturated heterocycles. The summed E-state index contributed by atoms with van der Waals surface area (Å²) >= 11 is 0. The number of amides is 1. The van der Waals surface area contributed by atoms with Crippen molar-refractivity contribution in [3.05, 3.63) is 65.2 Å². The van der Waals surface area contributed by atoms with E-state index in [-0.39, 0.29) is 31.7 Å². The van der Waals surface area contributed by atoms with Gasteiger partial charge in [0.15, 0.2) is 0 Å². The second kappa shape index (κ2) is 11.8. The van der Waals surface area contributed by atoms with E-state index in [1.54, 1.807) is 24.3 Å². The van der Waals surface area contributed by atoms with Gasteiger partial charge in [0.2, 0.25) is 5.91 Å². The van der Waals surface area contributed by atoms with Gasteiger partial charge < -0.3 is 20.1 Å². The van der Waals surface area contributed by atoms with Crippen molar-refractivity contribution in [1.82, 2.24) is 4.90 Å². The van der Waals surface area contributed by atoms with Crippen LogP contribution in [0.3, 0.4) is 0 Å². The van der Waals surface area contributed by atoms with Crippen molar-refractivity contribution in [2.45, 2.75) is 70.9 Å². The predicted octanol–water partition coefficient (Wildman–Crippen LogP) is 4.56. The van der Waals surface area contributed by atoms with Crippen LogP contribution in [0, 0.1) is 12.8 Å². The van der Waals surface area contributed by atoms with Crippen molar-refractivity contribution < 1.29 is 32.2 Å². The molecule has 6 nitrogen and oxygen atoms in total. The molecule has 1 saturated carbocycles. The normalized spacial score (nSPS) is 19.8. The minimum atomic E-state index is -5.12. The van der Waals surface area contributed by atoms with Crippen LogP contribution in [0.25, 0.3) is 0 Å². The molecule has 9 heteroatoms. The number of carbonyl (C=O) groups excluding carboxylic acids is 2. The lowest BCUT2D eigenvalue weighted by atomic mass is 10.1. The minimum Gasteiger partial charge on any atom is -0.493 e. The summed E-state index contributed by atoms with van der Waals surface area (Å²) in [4.78, 5) is 26.6. The first-order valence-corrected chi connectivity index (χ1v) is 12.0. The van der Waals surface area contributed by atoms with Gasteiger partial charge in [-0.25, -0.2) is 4.79 Å². The molecule has 0 radical (unpaired) electrons. The number of aryl methyl sites for hydroxylation is 1. The molecule has 196 valence electrons. The van der Waals surface area contributed by atoms with Gasteiger partial charge in [0, 0.05) is 19.0 Å². The summed E-state index contributed by atoms with van der Waals surface area (Å²) in [6, 6.07) is 13.4. The van der Waals surface area contributed by atoms with E-state index in [2.05, 4.69) is 0 Å². The molecule has 1 aliphatic rings. The third-order valence-corrected chi connectivity index (χ3v) is 6.05. The fraction of sp³-hybridized carbons (Fsp3) is 0.481. The first kappa shape index (κ1) is 27.5. The van der Waals surface area contributed by atoms with Gasteiger partial charge in [-0.2, -0.15) is 13.2 Å². The average molecular weight is 507 g/mol. The van der Waals surface area contributed by atoms with E-state index in [9.17, 15) is 22.8 Å². The summed E-state index contributed by atoms with van der Waals surface area (Å²) < 4.78 is 49.2. The molecule has 3 atom stereocenters. The third kappa shape index (κ3) is 7.71. The van der Waals surface area contributed by atoms with Crippen LogP contribution in [0.5, 0.6) is 5.75 Å². The van der Waals surface area contributed by atoms with Crippen LogP contribution in [0.2, 0.25) is 0 Å². The van der Waals surface area contributed by atoms with Crippen LogP contribution < -0.4 is 10.5 Å². The summed E-state index contributed by atoms with van der Waals surface area (Å²) in [5, 5.41) is 0. The molecule has 1 aliphatic carbocycles. The Kier molecular flexibility index (Phi) is 9.00. The van der Waals surface area contributed by atoms with E-state index in [0.717, 1.165) is 16.7 Å². The lowest BCUT2D eigenvalue weighted by Gasteiger charge is -2.33. The summed E-state index contributed by atoms with van der Waals surface area (Å²) in [6.07, 6.45) is -5.96. The highest BCUT2D eigenvalue weighted by atomic mass is 19.4. The van der Waals surface area contributed by atoms with Gasteiger partial charge in [-0.05, 0) is 42.5 Å². The molecule has 0 bridgehead atoms. The zero-order valence-corrected chi connectivity index (χ0v) is 20.8. The van der Waals surface area contributed by atoms with Crippen molar-refractivity contribution in [3.8, 4) is 5.75 Å². The molecule has 3 rings (SSSR count). The van der Waals surface area contributed by atoms with Crippen LogP contribution in [-0.4, -0.2) is 47.7 Å². The van der Waals surface area contributed by atoms with E-state index in [0.29, 0.717) is 18.3 Å². The van der Waals surface area contributed by atoms with Crippen LogP contribution >= 0.6 is 0 Å². The van der Waals surface area contributed by atoms with Crippen LogP contribution in [0.15, 0.2) is 48.5 Å².